The molecule has 8 rings (SSSR count). The molecule has 2 aliphatic rings. The van der Waals surface area contributed by atoms with Gasteiger partial charge in [-0.2, -0.15) is 0 Å². The number of nitrogens with zero attached hydrogens (tertiary/aromatic N) is 3. The van der Waals surface area contributed by atoms with Crippen LogP contribution in [0.4, 0.5) is 0 Å². The predicted molar refractivity (Wildman–Crippen MR) is 176 cm³/mol. The van der Waals surface area contributed by atoms with Crippen molar-refractivity contribution in [3.05, 3.63) is 150 Å². The number of aryl methyl sites for hydroxylation is 1. The Morgan fingerprint density at radius 3 is 2.31 bits per heavy atom. The Balaban J connectivity index is 1.24. The summed E-state index contributed by atoms with van der Waals surface area (Å²) in [6.07, 6.45) is 9.39. The molecule has 6 aromatic rings. The number of allylic oxidation sites excluding steroid dienone is 3. The highest BCUT2D eigenvalue weighted by Crippen LogP contribution is 2.34. The number of benzene rings is 5. The van der Waals surface area contributed by atoms with Crippen LogP contribution in [0.3, 0.4) is 0 Å². The summed E-state index contributed by atoms with van der Waals surface area (Å²) in [5.41, 5.74) is 6.98. The maximum atomic E-state index is 5.15. The molecular weight excluding hydrogens is 512 g/mol. The standard InChI is InChI=1S/C38H30N4/c1-25-16-21-35-33(22-25)32-14-8-9-15-34(32)42(35)31-20-19-26-17-18-29(23-30(26)24-31)38-40-36(27-10-4-2-5-11-27)39-37(41-38)28-12-6-3-7-13-28/h2-12,14-24,28,37H,13H2,1H3,(H,39,40,41). The molecule has 0 saturated heterocycles. The number of hydrogen-bond acceptors (Lipinski definition) is 3. The van der Waals surface area contributed by atoms with E-state index in [0.29, 0.717) is 0 Å². The molecule has 0 fully saturated rings. The van der Waals surface area contributed by atoms with Crippen LogP contribution in [-0.2, 0) is 0 Å². The maximum Gasteiger partial charge on any atom is 0.150 e. The van der Waals surface area contributed by atoms with Gasteiger partial charge in [0.15, 0.2) is 6.17 Å². The molecule has 0 spiro atoms. The number of aromatic nitrogens is 1. The molecule has 0 saturated carbocycles. The van der Waals surface area contributed by atoms with Crippen LogP contribution in [0.2, 0.25) is 0 Å². The molecule has 4 heteroatoms. The molecule has 2 heterocycles. The fourth-order valence-corrected chi connectivity index (χ4v) is 6.26. The first-order valence-electron chi connectivity index (χ1n) is 14.6. The number of para-hydroxylation sites is 1. The van der Waals surface area contributed by atoms with Gasteiger partial charge in [-0.25, -0.2) is 9.98 Å². The van der Waals surface area contributed by atoms with E-state index >= 15 is 0 Å². The van der Waals surface area contributed by atoms with E-state index in [-0.39, 0.29) is 12.1 Å². The molecule has 1 N–H and O–H groups in total. The topological polar surface area (TPSA) is 41.7 Å². The van der Waals surface area contributed by atoms with Crippen molar-refractivity contribution in [2.24, 2.45) is 15.9 Å². The van der Waals surface area contributed by atoms with Crippen molar-refractivity contribution < 1.29 is 0 Å². The van der Waals surface area contributed by atoms with Crippen molar-refractivity contribution in [2.75, 3.05) is 0 Å². The summed E-state index contributed by atoms with van der Waals surface area (Å²) in [6.45, 7) is 2.16. The number of fused-ring (bicyclic) bond motifs is 4. The monoisotopic (exact) mass is 542 g/mol. The fourth-order valence-electron chi connectivity index (χ4n) is 6.26. The lowest BCUT2D eigenvalue weighted by Crippen LogP contribution is -2.39. The number of hydrogen-bond donors (Lipinski definition) is 1. The molecule has 4 nitrogen and oxygen atoms in total. The molecule has 202 valence electrons. The predicted octanol–water partition coefficient (Wildman–Crippen LogP) is 8.50. The van der Waals surface area contributed by atoms with Crippen LogP contribution in [0, 0.1) is 12.8 Å². The van der Waals surface area contributed by atoms with Crippen LogP contribution in [0.25, 0.3) is 38.3 Å². The van der Waals surface area contributed by atoms with E-state index in [1.165, 1.54) is 38.1 Å². The molecule has 5 aromatic carbocycles. The second-order valence-electron chi connectivity index (χ2n) is 11.2. The van der Waals surface area contributed by atoms with Gasteiger partial charge >= 0.3 is 0 Å². The fraction of sp³-hybridized carbons (Fsp3) is 0.105. The lowest BCUT2D eigenvalue weighted by Gasteiger charge is -2.26. The van der Waals surface area contributed by atoms with Crippen LogP contribution in [-0.4, -0.2) is 22.4 Å². The minimum absolute atomic E-state index is 0.180. The number of aliphatic imine (C=N–C) groups is 2. The van der Waals surface area contributed by atoms with E-state index in [4.69, 9.17) is 9.98 Å². The number of amidine groups is 2. The number of rotatable bonds is 4. The average molecular weight is 543 g/mol. The third-order valence-corrected chi connectivity index (χ3v) is 8.39. The van der Waals surface area contributed by atoms with Crippen LogP contribution >= 0.6 is 0 Å². The molecule has 0 bridgehead atoms. The first-order chi connectivity index (χ1) is 20.7. The van der Waals surface area contributed by atoms with Gasteiger partial charge in [0.25, 0.3) is 0 Å². The maximum absolute atomic E-state index is 5.15. The van der Waals surface area contributed by atoms with Gasteiger partial charge < -0.3 is 9.88 Å². The Hall–Kier alpha value is -5.22. The summed E-state index contributed by atoms with van der Waals surface area (Å²) in [5, 5.41) is 8.50. The zero-order chi connectivity index (χ0) is 28.0. The third-order valence-electron chi connectivity index (χ3n) is 8.39. The average Bonchev–Trinajstić information content (AvgIpc) is 3.38. The minimum atomic E-state index is -0.180. The van der Waals surface area contributed by atoms with Crippen molar-refractivity contribution in [3.8, 4) is 5.69 Å². The Morgan fingerprint density at radius 2 is 1.45 bits per heavy atom. The molecule has 0 radical (unpaired) electrons. The van der Waals surface area contributed by atoms with Crippen LogP contribution in [0.1, 0.15) is 23.1 Å². The molecule has 0 amide bonds. The summed E-state index contributed by atoms with van der Waals surface area (Å²) < 4.78 is 2.38. The van der Waals surface area contributed by atoms with Gasteiger partial charge in [0.2, 0.25) is 0 Å². The Kier molecular flexibility index (Phi) is 5.85. The van der Waals surface area contributed by atoms with Gasteiger partial charge in [0.05, 0.1) is 11.0 Å². The van der Waals surface area contributed by atoms with Crippen molar-refractivity contribution in [1.29, 1.82) is 0 Å². The first kappa shape index (κ1) is 24.6. The van der Waals surface area contributed by atoms with Gasteiger partial charge in [0, 0.05) is 33.5 Å². The first-order valence-corrected chi connectivity index (χ1v) is 14.6. The zero-order valence-corrected chi connectivity index (χ0v) is 23.4. The van der Waals surface area contributed by atoms with Gasteiger partial charge in [0.1, 0.15) is 11.7 Å². The smallest absolute Gasteiger partial charge is 0.150 e. The van der Waals surface area contributed by atoms with E-state index < -0.39 is 0 Å². The van der Waals surface area contributed by atoms with Crippen molar-refractivity contribution in [3.63, 3.8) is 0 Å². The van der Waals surface area contributed by atoms with E-state index in [2.05, 4.69) is 144 Å². The Morgan fingerprint density at radius 1 is 0.667 bits per heavy atom. The summed E-state index contributed by atoms with van der Waals surface area (Å²) in [7, 11) is 0. The molecule has 42 heavy (non-hydrogen) atoms. The highest BCUT2D eigenvalue weighted by atomic mass is 15.2. The van der Waals surface area contributed by atoms with Gasteiger partial charge in [-0.05, 0) is 60.5 Å². The molecular formula is C38H30N4. The lowest BCUT2D eigenvalue weighted by molar-refractivity contribution is 0.517. The zero-order valence-electron chi connectivity index (χ0n) is 23.4. The lowest BCUT2D eigenvalue weighted by atomic mass is 9.97. The molecule has 1 aromatic heterocycles. The summed E-state index contributed by atoms with van der Waals surface area (Å²) >= 11 is 0. The molecule has 2 unspecified atom stereocenters. The molecule has 2 atom stereocenters. The van der Waals surface area contributed by atoms with Crippen molar-refractivity contribution >= 4 is 44.2 Å². The van der Waals surface area contributed by atoms with Gasteiger partial charge in [-0.15, -0.1) is 0 Å². The van der Waals surface area contributed by atoms with Crippen LogP contribution in [0.5, 0.6) is 0 Å². The Bertz CT molecular complexity index is 2110. The highest BCUT2D eigenvalue weighted by Gasteiger charge is 2.25. The van der Waals surface area contributed by atoms with Gasteiger partial charge in [-0.1, -0.05) is 103 Å². The summed E-state index contributed by atoms with van der Waals surface area (Å²) in [4.78, 5) is 10.2. The van der Waals surface area contributed by atoms with Gasteiger partial charge in [-0.3, -0.25) is 0 Å². The van der Waals surface area contributed by atoms with E-state index in [1.54, 1.807) is 0 Å². The van der Waals surface area contributed by atoms with Crippen molar-refractivity contribution in [2.45, 2.75) is 19.5 Å². The van der Waals surface area contributed by atoms with E-state index in [1.807, 2.05) is 6.07 Å². The third kappa shape index (κ3) is 4.24. The second-order valence-corrected chi connectivity index (χ2v) is 11.2. The SMILES string of the molecule is Cc1ccc2c(c1)c1ccccc1n2-c1ccc2ccc(C3=NC(C4C=CC=CC4)N=C(c4ccccc4)N3)cc2c1. The largest absolute Gasteiger partial charge is 0.324 e. The van der Waals surface area contributed by atoms with E-state index in [0.717, 1.165) is 34.9 Å². The quantitative estimate of drug-likeness (QED) is 0.238. The molecule has 1 aliphatic carbocycles. The normalized spacial score (nSPS) is 18.3. The summed E-state index contributed by atoms with van der Waals surface area (Å²) in [5.74, 6) is 1.95. The number of nitrogens with one attached hydrogen (secondary N) is 1. The van der Waals surface area contributed by atoms with Crippen LogP contribution < -0.4 is 5.32 Å². The minimum Gasteiger partial charge on any atom is -0.324 e. The second kappa shape index (κ2) is 10.0. The van der Waals surface area contributed by atoms with E-state index in [9.17, 15) is 0 Å². The van der Waals surface area contributed by atoms with Crippen LogP contribution in [0.15, 0.2) is 143 Å². The summed E-state index contributed by atoms with van der Waals surface area (Å²) in [6, 6.07) is 39.1. The Labute approximate surface area is 245 Å². The highest BCUT2D eigenvalue weighted by molar-refractivity contribution is 6.16. The molecule has 1 aliphatic heterocycles. The van der Waals surface area contributed by atoms with Crippen molar-refractivity contribution in [1.82, 2.24) is 9.88 Å².